The molecule has 5 rings (SSSR count). The van der Waals surface area contributed by atoms with Gasteiger partial charge in [0.2, 0.25) is 0 Å². The summed E-state index contributed by atoms with van der Waals surface area (Å²) in [4.78, 5) is 19.3. The molecule has 0 atom stereocenters. The van der Waals surface area contributed by atoms with Gasteiger partial charge in [0.25, 0.3) is 6.01 Å². The highest BCUT2D eigenvalue weighted by Gasteiger charge is 2.28. The number of esters is 1. The number of oxazole rings is 1. The molecule has 0 bridgehead atoms. The van der Waals surface area contributed by atoms with Crippen LogP contribution in [-0.2, 0) is 4.79 Å². The molecule has 1 saturated heterocycles. The molecule has 0 spiro atoms. The fourth-order valence-electron chi connectivity index (χ4n) is 3.95. The van der Waals surface area contributed by atoms with E-state index in [0.717, 1.165) is 22.2 Å². The normalized spacial score (nSPS) is 14.3. The molecule has 158 valence electrons. The van der Waals surface area contributed by atoms with E-state index in [1.807, 2.05) is 48.5 Å². The standard InChI is InChI=1S/C26H21N3O3/c27-17-18-5-7-19(8-6-18)20-9-11-22(12-10-20)31-25(30)21-13-15-29(16-14-21)26-28-23-3-1-2-4-24(23)32-26/h1-12,21H,13-16H2. The fourth-order valence-corrected chi connectivity index (χ4v) is 3.95. The van der Waals surface area contributed by atoms with E-state index in [-0.39, 0.29) is 11.9 Å². The summed E-state index contributed by atoms with van der Waals surface area (Å²) in [5.41, 5.74) is 4.25. The number of nitrogens with zero attached hydrogens (tertiary/aromatic N) is 3. The molecule has 1 aromatic heterocycles. The molecule has 1 fully saturated rings. The number of benzene rings is 3. The Morgan fingerprint density at radius 2 is 1.62 bits per heavy atom. The van der Waals surface area contributed by atoms with Gasteiger partial charge in [0.15, 0.2) is 5.58 Å². The zero-order valence-corrected chi connectivity index (χ0v) is 17.4. The Morgan fingerprint density at radius 1 is 0.969 bits per heavy atom. The number of ether oxygens (including phenoxy) is 1. The topological polar surface area (TPSA) is 79.4 Å². The highest BCUT2D eigenvalue weighted by atomic mass is 16.5. The number of anilines is 1. The number of aromatic nitrogens is 1. The van der Waals surface area contributed by atoms with Crippen molar-refractivity contribution < 1.29 is 13.9 Å². The quantitative estimate of drug-likeness (QED) is 0.332. The highest BCUT2D eigenvalue weighted by Crippen LogP contribution is 2.28. The summed E-state index contributed by atoms with van der Waals surface area (Å²) in [5, 5.41) is 8.92. The molecule has 32 heavy (non-hydrogen) atoms. The van der Waals surface area contributed by atoms with Crippen LogP contribution in [0.25, 0.3) is 22.2 Å². The number of carbonyl (C=O) groups is 1. The molecule has 1 aliphatic rings. The van der Waals surface area contributed by atoms with E-state index in [2.05, 4.69) is 16.0 Å². The van der Waals surface area contributed by atoms with Gasteiger partial charge in [-0.2, -0.15) is 10.2 Å². The monoisotopic (exact) mass is 423 g/mol. The Bertz CT molecular complexity index is 1250. The lowest BCUT2D eigenvalue weighted by molar-refractivity contribution is -0.139. The van der Waals surface area contributed by atoms with Gasteiger partial charge >= 0.3 is 5.97 Å². The largest absolute Gasteiger partial charge is 0.426 e. The van der Waals surface area contributed by atoms with Crippen LogP contribution in [0, 0.1) is 17.2 Å². The van der Waals surface area contributed by atoms with Crippen molar-refractivity contribution in [3.8, 4) is 22.9 Å². The second-order valence-corrected chi connectivity index (χ2v) is 7.86. The van der Waals surface area contributed by atoms with E-state index in [9.17, 15) is 4.79 Å². The maximum Gasteiger partial charge on any atom is 0.314 e. The molecular formula is C26H21N3O3. The summed E-state index contributed by atoms with van der Waals surface area (Å²) in [6, 6.07) is 25.3. The lowest BCUT2D eigenvalue weighted by Gasteiger charge is -2.29. The number of rotatable bonds is 4. The van der Waals surface area contributed by atoms with Crippen LogP contribution in [0.3, 0.4) is 0 Å². The van der Waals surface area contributed by atoms with Crippen molar-refractivity contribution in [2.24, 2.45) is 5.92 Å². The highest BCUT2D eigenvalue weighted by molar-refractivity contribution is 5.76. The van der Waals surface area contributed by atoms with E-state index >= 15 is 0 Å². The third-order valence-electron chi connectivity index (χ3n) is 5.80. The van der Waals surface area contributed by atoms with E-state index in [0.29, 0.717) is 43.3 Å². The number of hydrogen-bond donors (Lipinski definition) is 0. The van der Waals surface area contributed by atoms with Gasteiger partial charge in [-0.3, -0.25) is 4.79 Å². The second-order valence-electron chi connectivity index (χ2n) is 7.86. The first kappa shape index (κ1) is 19.8. The van der Waals surface area contributed by atoms with Crippen molar-refractivity contribution in [3.63, 3.8) is 0 Å². The lowest BCUT2D eigenvalue weighted by atomic mass is 9.97. The Kier molecular flexibility index (Phi) is 5.30. The molecule has 0 amide bonds. The van der Waals surface area contributed by atoms with Crippen molar-refractivity contribution in [2.75, 3.05) is 18.0 Å². The van der Waals surface area contributed by atoms with Crippen LogP contribution in [-0.4, -0.2) is 24.0 Å². The first-order valence-corrected chi connectivity index (χ1v) is 10.6. The first-order chi connectivity index (χ1) is 15.7. The van der Waals surface area contributed by atoms with Crippen LogP contribution >= 0.6 is 0 Å². The number of nitriles is 1. The Hall–Kier alpha value is -4.11. The smallest absolute Gasteiger partial charge is 0.314 e. The van der Waals surface area contributed by atoms with E-state index in [1.54, 1.807) is 24.3 Å². The van der Waals surface area contributed by atoms with E-state index in [4.69, 9.17) is 14.4 Å². The number of para-hydroxylation sites is 2. The molecule has 0 saturated carbocycles. The zero-order chi connectivity index (χ0) is 21.9. The SMILES string of the molecule is N#Cc1ccc(-c2ccc(OC(=O)C3CCN(c4nc5ccccc5o4)CC3)cc2)cc1. The van der Waals surface area contributed by atoms with Crippen molar-refractivity contribution in [1.82, 2.24) is 4.98 Å². The second kappa shape index (κ2) is 8.56. The van der Waals surface area contributed by atoms with Crippen molar-refractivity contribution in [2.45, 2.75) is 12.8 Å². The summed E-state index contributed by atoms with van der Waals surface area (Å²) >= 11 is 0. The molecule has 0 unspecified atom stereocenters. The lowest BCUT2D eigenvalue weighted by Crippen LogP contribution is -2.37. The Morgan fingerprint density at radius 3 is 2.28 bits per heavy atom. The molecule has 0 aliphatic carbocycles. The fraction of sp³-hybridized carbons (Fsp3) is 0.192. The molecule has 4 aromatic rings. The number of piperidine rings is 1. The van der Waals surface area contributed by atoms with E-state index in [1.165, 1.54) is 0 Å². The Balaban J connectivity index is 1.18. The van der Waals surface area contributed by atoms with Gasteiger partial charge in [-0.1, -0.05) is 36.4 Å². The molecule has 3 aromatic carbocycles. The van der Waals surface area contributed by atoms with Gasteiger partial charge in [-0.05, 0) is 60.4 Å². The average molecular weight is 423 g/mol. The molecule has 1 aliphatic heterocycles. The Labute approximate surface area is 185 Å². The van der Waals surface area contributed by atoms with Crippen LogP contribution in [0.2, 0.25) is 0 Å². The van der Waals surface area contributed by atoms with Gasteiger partial charge in [0.05, 0.1) is 17.6 Å². The molecule has 6 nitrogen and oxygen atoms in total. The minimum absolute atomic E-state index is 0.145. The third kappa shape index (κ3) is 4.06. The molecule has 6 heteroatoms. The minimum Gasteiger partial charge on any atom is -0.426 e. The van der Waals surface area contributed by atoms with Crippen molar-refractivity contribution in [3.05, 3.63) is 78.4 Å². The van der Waals surface area contributed by atoms with Crippen LogP contribution in [0.4, 0.5) is 6.01 Å². The summed E-state index contributed by atoms with van der Waals surface area (Å²) in [5.74, 6) is 0.191. The van der Waals surface area contributed by atoms with Gasteiger partial charge in [-0.25, -0.2) is 0 Å². The summed E-state index contributed by atoms with van der Waals surface area (Å²) < 4.78 is 11.5. The van der Waals surface area contributed by atoms with Crippen molar-refractivity contribution >= 4 is 23.1 Å². The van der Waals surface area contributed by atoms with Gasteiger partial charge in [-0.15, -0.1) is 0 Å². The minimum atomic E-state index is -0.201. The van der Waals surface area contributed by atoms with Gasteiger partial charge in [0.1, 0.15) is 11.3 Å². The predicted octanol–water partition coefficient (Wildman–Crippen LogP) is 5.19. The van der Waals surface area contributed by atoms with Crippen LogP contribution in [0.5, 0.6) is 5.75 Å². The van der Waals surface area contributed by atoms with Crippen LogP contribution in [0.15, 0.2) is 77.2 Å². The van der Waals surface area contributed by atoms with Crippen molar-refractivity contribution in [1.29, 1.82) is 5.26 Å². The van der Waals surface area contributed by atoms with Gasteiger partial charge in [0, 0.05) is 13.1 Å². The maximum absolute atomic E-state index is 12.7. The molecule has 0 N–H and O–H groups in total. The number of hydrogen-bond acceptors (Lipinski definition) is 6. The maximum atomic E-state index is 12.7. The first-order valence-electron chi connectivity index (χ1n) is 10.6. The van der Waals surface area contributed by atoms with Crippen LogP contribution < -0.4 is 9.64 Å². The third-order valence-corrected chi connectivity index (χ3v) is 5.80. The summed E-state index contributed by atoms with van der Waals surface area (Å²) in [6.07, 6.45) is 1.39. The summed E-state index contributed by atoms with van der Waals surface area (Å²) in [6.45, 7) is 1.40. The summed E-state index contributed by atoms with van der Waals surface area (Å²) in [7, 11) is 0. The molecule has 2 heterocycles. The predicted molar refractivity (Wildman–Crippen MR) is 121 cm³/mol. The van der Waals surface area contributed by atoms with Gasteiger partial charge < -0.3 is 14.1 Å². The molecular weight excluding hydrogens is 402 g/mol. The number of fused-ring (bicyclic) bond motifs is 1. The average Bonchev–Trinajstić information content (AvgIpc) is 3.29. The van der Waals surface area contributed by atoms with Crippen LogP contribution in [0.1, 0.15) is 18.4 Å². The molecule has 0 radical (unpaired) electrons. The number of carbonyl (C=O) groups excluding carboxylic acids is 1. The zero-order valence-electron chi connectivity index (χ0n) is 17.4. The van der Waals surface area contributed by atoms with E-state index < -0.39 is 0 Å².